The van der Waals surface area contributed by atoms with Crippen molar-refractivity contribution in [1.82, 2.24) is 9.47 Å². The fourth-order valence-corrected chi connectivity index (χ4v) is 3.13. The van der Waals surface area contributed by atoms with Crippen molar-refractivity contribution in [1.29, 1.82) is 0 Å². The van der Waals surface area contributed by atoms with Gasteiger partial charge in [-0.25, -0.2) is 0 Å². The molecule has 0 radical (unpaired) electrons. The van der Waals surface area contributed by atoms with Gasteiger partial charge in [0.1, 0.15) is 5.75 Å². The summed E-state index contributed by atoms with van der Waals surface area (Å²) < 4.78 is 7.33. The van der Waals surface area contributed by atoms with Crippen molar-refractivity contribution in [3.8, 4) is 5.75 Å². The first-order chi connectivity index (χ1) is 12.9. The molecule has 0 bridgehead atoms. The Hall–Kier alpha value is -3.28. The largest absolute Gasteiger partial charge is 0.495 e. The molecule has 6 nitrogen and oxygen atoms in total. The fourth-order valence-electron chi connectivity index (χ4n) is 3.13. The van der Waals surface area contributed by atoms with Crippen molar-refractivity contribution in [3.05, 3.63) is 59.8 Å². The smallest absolute Gasteiger partial charge is 0.253 e. The molecule has 0 saturated heterocycles. The highest BCUT2D eigenvalue weighted by molar-refractivity contribution is 6.00. The second kappa shape index (κ2) is 7.53. The van der Waals surface area contributed by atoms with E-state index in [0.717, 1.165) is 16.5 Å². The van der Waals surface area contributed by atoms with E-state index < -0.39 is 0 Å². The number of anilines is 1. The van der Waals surface area contributed by atoms with Gasteiger partial charge in [0.2, 0.25) is 5.91 Å². The summed E-state index contributed by atoms with van der Waals surface area (Å²) in [6, 6.07) is 13.0. The van der Waals surface area contributed by atoms with Gasteiger partial charge in [-0.3, -0.25) is 9.59 Å². The molecule has 1 N–H and O–H groups in total. The maximum atomic E-state index is 12.6. The van der Waals surface area contributed by atoms with Crippen LogP contribution in [0.1, 0.15) is 15.9 Å². The van der Waals surface area contributed by atoms with Crippen LogP contribution in [0.15, 0.2) is 48.7 Å². The van der Waals surface area contributed by atoms with Crippen molar-refractivity contribution in [2.24, 2.45) is 7.05 Å². The van der Waals surface area contributed by atoms with E-state index in [0.29, 0.717) is 17.0 Å². The molecular weight excluding hydrogens is 342 g/mol. The molecular formula is C21H23N3O3. The van der Waals surface area contributed by atoms with Crippen LogP contribution in [0.4, 0.5) is 5.69 Å². The van der Waals surface area contributed by atoms with Gasteiger partial charge in [-0.15, -0.1) is 0 Å². The number of hydrogen-bond acceptors (Lipinski definition) is 3. The minimum absolute atomic E-state index is 0.137. The van der Waals surface area contributed by atoms with Gasteiger partial charge in [0.25, 0.3) is 5.91 Å². The molecule has 0 spiro atoms. The van der Waals surface area contributed by atoms with Crippen LogP contribution >= 0.6 is 0 Å². The highest BCUT2D eigenvalue weighted by Gasteiger charge is 2.15. The minimum Gasteiger partial charge on any atom is -0.495 e. The summed E-state index contributed by atoms with van der Waals surface area (Å²) in [6.07, 6.45) is 2.20. The second-order valence-corrected chi connectivity index (χ2v) is 6.62. The first kappa shape index (κ1) is 18.5. The molecule has 3 rings (SSSR count). The SMILES string of the molecule is COc1ccc(C(=O)N(C)C)cc1NC(=O)Cc1cn(C)c2ccccc12. The number of aromatic nitrogens is 1. The van der Waals surface area contributed by atoms with Crippen LogP contribution in [0.2, 0.25) is 0 Å². The number of carbonyl (C=O) groups is 2. The van der Waals surface area contributed by atoms with Gasteiger partial charge >= 0.3 is 0 Å². The van der Waals surface area contributed by atoms with E-state index in [4.69, 9.17) is 4.74 Å². The van der Waals surface area contributed by atoms with Crippen molar-refractivity contribution in [3.63, 3.8) is 0 Å². The van der Waals surface area contributed by atoms with Gasteiger partial charge in [0, 0.05) is 43.8 Å². The number of fused-ring (bicyclic) bond motifs is 1. The van der Waals surface area contributed by atoms with E-state index in [2.05, 4.69) is 5.32 Å². The molecule has 0 fully saturated rings. The zero-order valence-corrected chi connectivity index (χ0v) is 15.9. The fraction of sp³-hybridized carbons (Fsp3) is 0.238. The van der Waals surface area contributed by atoms with Crippen LogP contribution in [0.5, 0.6) is 5.75 Å². The number of rotatable bonds is 5. The highest BCUT2D eigenvalue weighted by atomic mass is 16.5. The zero-order valence-electron chi connectivity index (χ0n) is 15.9. The Morgan fingerprint density at radius 3 is 2.59 bits per heavy atom. The molecule has 0 aliphatic rings. The van der Waals surface area contributed by atoms with Crippen LogP contribution in [-0.2, 0) is 18.3 Å². The lowest BCUT2D eigenvalue weighted by molar-refractivity contribution is -0.115. The Labute approximate surface area is 158 Å². The topological polar surface area (TPSA) is 63.6 Å². The molecule has 0 unspecified atom stereocenters. The quantitative estimate of drug-likeness (QED) is 0.756. The molecule has 1 aromatic heterocycles. The van der Waals surface area contributed by atoms with Crippen molar-refractivity contribution >= 4 is 28.4 Å². The van der Waals surface area contributed by atoms with E-state index in [1.807, 2.05) is 42.1 Å². The van der Waals surface area contributed by atoms with Crippen LogP contribution in [0.3, 0.4) is 0 Å². The molecule has 2 amide bonds. The number of amides is 2. The van der Waals surface area contributed by atoms with Crippen molar-refractivity contribution in [2.75, 3.05) is 26.5 Å². The number of carbonyl (C=O) groups excluding carboxylic acids is 2. The van der Waals surface area contributed by atoms with Gasteiger partial charge in [0.05, 0.1) is 19.2 Å². The molecule has 2 aromatic carbocycles. The molecule has 0 saturated carbocycles. The summed E-state index contributed by atoms with van der Waals surface area (Å²) in [6.45, 7) is 0. The number of nitrogens with zero attached hydrogens (tertiary/aromatic N) is 2. The summed E-state index contributed by atoms with van der Waals surface area (Å²) in [5, 5.41) is 3.93. The van der Waals surface area contributed by atoms with Crippen LogP contribution < -0.4 is 10.1 Å². The second-order valence-electron chi connectivity index (χ2n) is 6.62. The zero-order chi connectivity index (χ0) is 19.6. The third kappa shape index (κ3) is 3.79. The van der Waals surface area contributed by atoms with E-state index >= 15 is 0 Å². The molecule has 1 heterocycles. The Morgan fingerprint density at radius 2 is 1.89 bits per heavy atom. The average molecular weight is 365 g/mol. The molecule has 27 heavy (non-hydrogen) atoms. The number of nitrogens with one attached hydrogen (secondary N) is 1. The van der Waals surface area contributed by atoms with E-state index in [9.17, 15) is 9.59 Å². The molecule has 0 aliphatic carbocycles. The van der Waals surface area contributed by atoms with E-state index in [-0.39, 0.29) is 18.2 Å². The lowest BCUT2D eigenvalue weighted by atomic mass is 10.1. The van der Waals surface area contributed by atoms with Crippen LogP contribution in [0.25, 0.3) is 10.9 Å². The highest BCUT2D eigenvalue weighted by Crippen LogP contribution is 2.27. The van der Waals surface area contributed by atoms with Crippen LogP contribution in [-0.4, -0.2) is 42.5 Å². The number of benzene rings is 2. The Balaban J connectivity index is 1.84. The minimum atomic E-state index is -0.167. The first-order valence-corrected chi connectivity index (χ1v) is 8.63. The summed E-state index contributed by atoms with van der Waals surface area (Å²) in [5.74, 6) is 0.206. The van der Waals surface area contributed by atoms with E-state index in [1.165, 1.54) is 12.0 Å². The predicted octanol–water partition coefficient (Wildman–Crippen LogP) is 3.07. The Morgan fingerprint density at radius 1 is 1.15 bits per heavy atom. The summed E-state index contributed by atoms with van der Waals surface area (Å²) in [5.41, 5.74) is 3.00. The van der Waals surface area contributed by atoms with Gasteiger partial charge in [0.15, 0.2) is 0 Å². The lowest BCUT2D eigenvalue weighted by Crippen LogP contribution is -2.22. The third-order valence-corrected chi connectivity index (χ3v) is 4.46. The first-order valence-electron chi connectivity index (χ1n) is 8.63. The normalized spacial score (nSPS) is 10.7. The summed E-state index contributed by atoms with van der Waals surface area (Å²) in [7, 11) is 6.86. The van der Waals surface area contributed by atoms with Gasteiger partial charge in [-0.2, -0.15) is 0 Å². The Kier molecular flexibility index (Phi) is 5.16. The maximum Gasteiger partial charge on any atom is 0.253 e. The standard InChI is InChI=1S/C21H23N3O3/c1-23(2)21(26)14-9-10-19(27-4)17(11-14)22-20(25)12-15-13-24(3)18-8-6-5-7-16(15)18/h5-11,13H,12H2,1-4H3,(H,22,25). The molecule has 0 atom stereocenters. The molecule has 0 aliphatic heterocycles. The summed E-state index contributed by atoms with van der Waals surface area (Å²) in [4.78, 5) is 26.3. The average Bonchev–Trinajstić information content (AvgIpc) is 2.96. The molecule has 6 heteroatoms. The van der Waals surface area contributed by atoms with E-state index in [1.54, 1.807) is 32.3 Å². The maximum absolute atomic E-state index is 12.6. The van der Waals surface area contributed by atoms with Crippen molar-refractivity contribution < 1.29 is 14.3 Å². The van der Waals surface area contributed by atoms with Gasteiger partial charge in [-0.05, 0) is 29.8 Å². The number of methoxy groups -OCH3 is 1. The van der Waals surface area contributed by atoms with Gasteiger partial charge < -0.3 is 19.5 Å². The number of para-hydroxylation sites is 1. The van der Waals surface area contributed by atoms with Gasteiger partial charge in [-0.1, -0.05) is 18.2 Å². The number of ether oxygens (including phenoxy) is 1. The number of hydrogen-bond donors (Lipinski definition) is 1. The van der Waals surface area contributed by atoms with Crippen LogP contribution in [0, 0.1) is 0 Å². The lowest BCUT2D eigenvalue weighted by Gasteiger charge is -2.14. The third-order valence-electron chi connectivity index (χ3n) is 4.46. The Bertz CT molecular complexity index is 1010. The number of aryl methyl sites for hydroxylation is 1. The monoisotopic (exact) mass is 365 g/mol. The molecule has 140 valence electrons. The summed E-state index contributed by atoms with van der Waals surface area (Å²) >= 11 is 0. The van der Waals surface area contributed by atoms with Crippen molar-refractivity contribution in [2.45, 2.75) is 6.42 Å². The predicted molar refractivity (Wildman–Crippen MR) is 106 cm³/mol. The molecule has 3 aromatic rings.